The van der Waals surface area contributed by atoms with Crippen LogP contribution < -0.4 is 0 Å². The molecule has 1 rings (SSSR count). The Bertz CT molecular complexity index is 804. The third-order valence-corrected chi connectivity index (χ3v) is 5.65. The maximum Gasteiger partial charge on any atom is 0.142 e. The first-order valence-corrected chi connectivity index (χ1v) is 10.8. The number of carbonyl (C=O) groups excluding carboxylic acids is 4. The van der Waals surface area contributed by atoms with Crippen LogP contribution in [0.2, 0.25) is 10.0 Å². The van der Waals surface area contributed by atoms with Gasteiger partial charge in [-0.15, -0.1) is 0 Å². The summed E-state index contributed by atoms with van der Waals surface area (Å²) in [5.74, 6) is -0.611. The van der Waals surface area contributed by atoms with Gasteiger partial charge in [-0.3, -0.25) is 19.2 Å². The quantitative estimate of drug-likeness (QED) is 0.346. The molecule has 0 bridgehead atoms. The van der Waals surface area contributed by atoms with Crippen molar-refractivity contribution in [2.75, 3.05) is 0 Å². The smallest absolute Gasteiger partial charge is 0.142 e. The maximum atomic E-state index is 12.2. The summed E-state index contributed by atoms with van der Waals surface area (Å²) in [4.78, 5) is 47.9. The predicted molar refractivity (Wildman–Crippen MR) is 130 cm³/mol. The Morgan fingerprint density at radius 1 is 0.935 bits per heavy atom. The second-order valence-corrected chi connectivity index (χ2v) is 8.78. The minimum Gasteiger partial charge on any atom is -0.309 e. The van der Waals surface area contributed by atoms with Crippen LogP contribution in [0.1, 0.15) is 64.9 Å². The number of hydrogen-bond donors (Lipinski definition) is 1. The zero-order valence-corrected chi connectivity index (χ0v) is 20.7. The van der Waals surface area contributed by atoms with Gasteiger partial charge in [-0.05, 0) is 37.0 Å². The first kappa shape index (κ1) is 29.5. The van der Waals surface area contributed by atoms with E-state index in [1.807, 2.05) is 13.8 Å². The Kier molecular flexibility index (Phi) is 13.8. The largest absolute Gasteiger partial charge is 0.309 e. The van der Waals surface area contributed by atoms with Gasteiger partial charge < -0.3 is 5.41 Å². The molecule has 0 amide bonds. The Hall–Kier alpha value is -1.50. The Morgan fingerprint density at radius 2 is 1.45 bits per heavy atom. The van der Waals surface area contributed by atoms with Gasteiger partial charge in [0.2, 0.25) is 0 Å². The van der Waals surface area contributed by atoms with Gasteiger partial charge in [-0.2, -0.15) is 13.5 Å². The first-order chi connectivity index (χ1) is 14.0. The van der Waals surface area contributed by atoms with Gasteiger partial charge in [0, 0.05) is 60.2 Å². The predicted octanol–water partition coefficient (Wildman–Crippen LogP) is 5.58. The highest BCUT2D eigenvalue weighted by atomic mass is 35.5. The molecule has 8 heteroatoms. The molecule has 0 aliphatic heterocycles. The number of nitrogens with one attached hydrogen (secondary N) is 1. The molecule has 0 saturated heterocycles. The Labute approximate surface area is 201 Å². The fourth-order valence-electron chi connectivity index (χ4n) is 3.27. The lowest BCUT2D eigenvalue weighted by Crippen LogP contribution is -2.21. The standard InChI is InChI=1S/C23H29Cl2NO4.H2S/c1-14(2)20(15(3)27)12-18(29)7-4-6-17(28)10-16(26)11-19(30)13-21-22(24)8-5-9-23(21)25;/h5,8-9,14,20,26H,4,6-7,10-13H2,1-3H3;1H2/t20-;/m0./s1. The summed E-state index contributed by atoms with van der Waals surface area (Å²) >= 11 is 12.1. The van der Waals surface area contributed by atoms with Gasteiger partial charge in [0.1, 0.15) is 23.1 Å². The molecule has 1 aromatic carbocycles. The van der Waals surface area contributed by atoms with Crippen LogP contribution in [-0.2, 0) is 25.6 Å². The van der Waals surface area contributed by atoms with Gasteiger partial charge in [0.05, 0.1) is 0 Å². The molecule has 0 radical (unpaired) electrons. The molecule has 0 fully saturated rings. The van der Waals surface area contributed by atoms with Crippen LogP contribution in [0, 0.1) is 17.2 Å². The fraction of sp³-hybridized carbons (Fsp3) is 0.522. The Balaban J connectivity index is 0.00000900. The summed E-state index contributed by atoms with van der Waals surface area (Å²) in [6, 6.07) is 4.98. The number of hydrogen-bond acceptors (Lipinski definition) is 5. The molecule has 0 saturated carbocycles. The van der Waals surface area contributed by atoms with Crippen molar-refractivity contribution >= 4 is 65.5 Å². The van der Waals surface area contributed by atoms with Gasteiger partial charge >= 0.3 is 0 Å². The van der Waals surface area contributed by atoms with Crippen LogP contribution in [-0.4, -0.2) is 28.8 Å². The minimum absolute atomic E-state index is 0. The van der Waals surface area contributed by atoms with E-state index in [0.29, 0.717) is 22.0 Å². The summed E-state index contributed by atoms with van der Waals surface area (Å²) in [5.41, 5.74) is 0.560. The summed E-state index contributed by atoms with van der Waals surface area (Å²) < 4.78 is 0. The zero-order valence-electron chi connectivity index (χ0n) is 18.2. The van der Waals surface area contributed by atoms with Gasteiger partial charge in [0.15, 0.2) is 0 Å². The van der Waals surface area contributed by atoms with Crippen LogP contribution in [0.15, 0.2) is 18.2 Å². The second kappa shape index (κ2) is 14.5. The lowest BCUT2D eigenvalue weighted by Gasteiger charge is -2.16. The summed E-state index contributed by atoms with van der Waals surface area (Å²) in [7, 11) is 0. The number of ketones is 4. The normalized spacial score (nSPS) is 11.5. The van der Waals surface area contributed by atoms with E-state index in [1.54, 1.807) is 18.2 Å². The van der Waals surface area contributed by atoms with Crippen LogP contribution in [0.4, 0.5) is 0 Å². The van der Waals surface area contributed by atoms with Crippen molar-refractivity contribution in [3.05, 3.63) is 33.8 Å². The van der Waals surface area contributed by atoms with Crippen molar-refractivity contribution in [2.45, 2.75) is 65.7 Å². The third-order valence-electron chi connectivity index (χ3n) is 4.94. The average Bonchev–Trinajstić information content (AvgIpc) is 2.62. The highest BCUT2D eigenvalue weighted by molar-refractivity contribution is 7.59. The van der Waals surface area contributed by atoms with E-state index in [1.165, 1.54) is 6.92 Å². The molecule has 0 aromatic heterocycles. The molecule has 0 aliphatic carbocycles. The van der Waals surface area contributed by atoms with Crippen LogP contribution in [0.3, 0.4) is 0 Å². The topological polar surface area (TPSA) is 92.1 Å². The van der Waals surface area contributed by atoms with E-state index >= 15 is 0 Å². The third kappa shape index (κ3) is 11.1. The van der Waals surface area contributed by atoms with Crippen molar-refractivity contribution in [3.63, 3.8) is 0 Å². The first-order valence-electron chi connectivity index (χ1n) is 10.1. The molecule has 172 valence electrons. The molecule has 0 heterocycles. The molecule has 5 nitrogen and oxygen atoms in total. The van der Waals surface area contributed by atoms with E-state index in [4.69, 9.17) is 28.6 Å². The molecule has 31 heavy (non-hydrogen) atoms. The number of halogens is 2. The number of benzene rings is 1. The van der Waals surface area contributed by atoms with Crippen molar-refractivity contribution < 1.29 is 19.2 Å². The van der Waals surface area contributed by atoms with E-state index < -0.39 is 0 Å². The van der Waals surface area contributed by atoms with E-state index in [9.17, 15) is 19.2 Å². The SMILES string of the molecule is CC(=O)[C@@H](CC(=O)CCCC(=O)CC(=N)CC(=O)Cc1c(Cl)cccc1Cl)C(C)C.S. The van der Waals surface area contributed by atoms with Crippen molar-refractivity contribution in [1.29, 1.82) is 5.41 Å². The number of carbonyl (C=O) groups is 4. The monoisotopic (exact) mass is 487 g/mol. The van der Waals surface area contributed by atoms with Gasteiger partial charge in [-0.25, -0.2) is 0 Å². The highest BCUT2D eigenvalue weighted by Crippen LogP contribution is 2.25. The minimum atomic E-state index is -0.279. The van der Waals surface area contributed by atoms with E-state index in [0.717, 1.165) is 0 Å². The summed E-state index contributed by atoms with van der Waals surface area (Å²) in [5, 5.41) is 8.71. The molecule has 0 spiro atoms. The lowest BCUT2D eigenvalue weighted by molar-refractivity contribution is -0.128. The van der Waals surface area contributed by atoms with Crippen LogP contribution >= 0.6 is 36.7 Å². The molecule has 0 unspecified atom stereocenters. The maximum absolute atomic E-state index is 12.2. The van der Waals surface area contributed by atoms with Gasteiger partial charge in [0.25, 0.3) is 0 Å². The second-order valence-electron chi connectivity index (χ2n) is 7.97. The van der Waals surface area contributed by atoms with E-state index in [2.05, 4.69) is 0 Å². The lowest BCUT2D eigenvalue weighted by atomic mass is 9.86. The zero-order chi connectivity index (χ0) is 22.8. The van der Waals surface area contributed by atoms with Crippen LogP contribution in [0.5, 0.6) is 0 Å². The van der Waals surface area contributed by atoms with E-state index in [-0.39, 0.29) is 92.7 Å². The molecule has 0 aliphatic rings. The molecule has 1 N–H and O–H groups in total. The summed E-state index contributed by atoms with van der Waals surface area (Å²) in [6.45, 7) is 5.32. The molecular formula is C23H31Cl2NO4S. The fourth-order valence-corrected chi connectivity index (χ4v) is 3.80. The molecule has 1 atom stereocenters. The van der Waals surface area contributed by atoms with Crippen molar-refractivity contribution in [3.8, 4) is 0 Å². The summed E-state index contributed by atoms with van der Waals surface area (Å²) in [6.07, 6.45) is 0.757. The van der Waals surface area contributed by atoms with Crippen molar-refractivity contribution in [1.82, 2.24) is 0 Å². The molecular weight excluding hydrogens is 457 g/mol. The highest BCUT2D eigenvalue weighted by Gasteiger charge is 2.22. The average molecular weight is 488 g/mol. The van der Waals surface area contributed by atoms with Gasteiger partial charge in [-0.1, -0.05) is 43.1 Å². The number of Topliss-reactive ketones (excluding diaryl/α,β-unsaturated/α-hetero) is 4. The van der Waals surface area contributed by atoms with Crippen molar-refractivity contribution in [2.24, 2.45) is 11.8 Å². The van der Waals surface area contributed by atoms with Crippen LogP contribution in [0.25, 0.3) is 0 Å². The molecule has 1 aromatic rings. The Morgan fingerprint density at radius 3 is 1.97 bits per heavy atom. The number of rotatable bonds is 14.